The van der Waals surface area contributed by atoms with Gasteiger partial charge in [-0.25, -0.2) is 0 Å². The molecular weight excluding hydrogens is 158 g/mol. The summed E-state index contributed by atoms with van der Waals surface area (Å²) in [6.07, 6.45) is 4.24. The summed E-state index contributed by atoms with van der Waals surface area (Å²) in [6.45, 7) is 13.6. The van der Waals surface area contributed by atoms with Crippen LogP contribution in [0.25, 0.3) is 0 Å². The average molecular weight is 185 g/mol. The second kappa shape index (κ2) is 7.37. The third kappa shape index (κ3) is 4.66. The largest absolute Gasteiger partial charge is 0.301 e. The van der Waals surface area contributed by atoms with E-state index >= 15 is 0 Å². The van der Waals surface area contributed by atoms with Crippen LogP contribution >= 0.6 is 0 Å². The fourth-order valence-corrected chi connectivity index (χ4v) is 1.90. The molecule has 0 bridgehead atoms. The fraction of sp³-hybridized carbons (Fsp3) is 1.00. The Balaban J connectivity index is 0.000000671. The molecule has 0 spiro atoms. The first kappa shape index (κ1) is 13.0. The lowest BCUT2D eigenvalue weighted by Gasteiger charge is -2.34. The van der Waals surface area contributed by atoms with Crippen molar-refractivity contribution in [2.75, 3.05) is 13.1 Å². The van der Waals surface area contributed by atoms with Gasteiger partial charge in [0.1, 0.15) is 0 Å². The fourth-order valence-electron chi connectivity index (χ4n) is 1.90. The van der Waals surface area contributed by atoms with E-state index in [1.165, 1.54) is 32.4 Å². The first-order chi connectivity index (χ1) is 6.24. The number of hydrogen-bond acceptors (Lipinski definition) is 1. The summed E-state index contributed by atoms with van der Waals surface area (Å²) in [5.41, 5.74) is 0. The SMILES string of the molecule is CC.CCC1CCCN(C(C)C)C1. The highest BCUT2D eigenvalue weighted by atomic mass is 15.1. The Kier molecular flexibility index (Phi) is 7.35. The monoisotopic (exact) mass is 185 g/mol. The van der Waals surface area contributed by atoms with Crippen molar-refractivity contribution in [1.82, 2.24) is 4.90 Å². The zero-order chi connectivity index (χ0) is 10.3. The molecule has 0 aliphatic carbocycles. The van der Waals surface area contributed by atoms with E-state index in [0.29, 0.717) is 0 Å². The minimum absolute atomic E-state index is 0.754. The van der Waals surface area contributed by atoms with Gasteiger partial charge in [-0.1, -0.05) is 27.2 Å². The smallest absolute Gasteiger partial charge is 0.00387 e. The van der Waals surface area contributed by atoms with Crippen molar-refractivity contribution in [2.45, 2.75) is 59.9 Å². The van der Waals surface area contributed by atoms with Crippen molar-refractivity contribution in [1.29, 1.82) is 0 Å². The van der Waals surface area contributed by atoms with Gasteiger partial charge in [0.05, 0.1) is 0 Å². The predicted octanol–water partition coefficient (Wildman–Crippen LogP) is 3.54. The van der Waals surface area contributed by atoms with Crippen LogP contribution in [0.3, 0.4) is 0 Å². The topological polar surface area (TPSA) is 3.24 Å². The van der Waals surface area contributed by atoms with Gasteiger partial charge in [-0.15, -0.1) is 0 Å². The molecule has 0 radical (unpaired) electrons. The summed E-state index contributed by atoms with van der Waals surface area (Å²) in [7, 11) is 0. The molecule has 1 aliphatic heterocycles. The van der Waals surface area contributed by atoms with Crippen molar-refractivity contribution < 1.29 is 0 Å². The van der Waals surface area contributed by atoms with E-state index in [0.717, 1.165) is 12.0 Å². The van der Waals surface area contributed by atoms with Crippen molar-refractivity contribution in [3.05, 3.63) is 0 Å². The molecule has 0 aromatic heterocycles. The molecule has 0 saturated carbocycles. The summed E-state index contributed by atoms with van der Waals surface area (Å²) in [5.74, 6) is 0.978. The summed E-state index contributed by atoms with van der Waals surface area (Å²) >= 11 is 0. The molecule has 0 N–H and O–H groups in total. The van der Waals surface area contributed by atoms with Crippen LogP contribution in [0.15, 0.2) is 0 Å². The van der Waals surface area contributed by atoms with Crippen molar-refractivity contribution in [3.8, 4) is 0 Å². The highest BCUT2D eigenvalue weighted by molar-refractivity contribution is 4.73. The van der Waals surface area contributed by atoms with Gasteiger partial charge in [0.25, 0.3) is 0 Å². The normalized spacial score (nSPS) is 24.0. The van der Waals surface area contributed by atoms with Crippen LogP contribution in [0.2, 0.25) is 0 Å². The number of likely N-dealkylation sites (tertiary alicyclic amines) is 1. The Hall–Kier alpha value is -0.0400. The minimum atomic E-state index is 0.754. The molecule has 1 atom stereocenters. The van der Waals surface area contributed by atoms with E-state index in [9.17, 15) is 0 Å². The molecule has 1 rings (SSSR count). The van der Waals surface area contributed by atoms with E-state index in [1.54, 1.807) is 0 Å². The zero-order valence-electron chi connectivity index (χ0n) is 10.1. The van der Waals surface area contributed by atoms with Crippen LogP contribution < -0.4 is 0 Å². The maximum Gasteiger partial charge on any atom is 0.00387 e. The molecule has 1 unspecified atom stereocenters. The number of piperidine rings is 1. The zero-order valence-corrected chi connectivity index (χ0v) is 10.1. The Morgan fingerprint density at radius 3 is 2.38 bits per heavy atom. The third-order valence-corrected chi connectivity index (χ3v) is 2.86. The second-order valence-corrected chi connectivity index (χ2v) is 4.01. The molecule has 0 aromatic carbocycles. The van der Waals surface area contributed by atoms with Crippen LogP contribution in [-0.2, 0) is 0 Å². The van der Waals surface area contributed by atoms with Gasteiger partial charge < -0.3 is 4.90 Å². The molecular formula is C12H27N. The van der Waals surface area contributed by atoms with Crippen molar-refractivity contribution in [3.63, 3.8) is 0 Å². The van der Waals surface area contributed by atoms with Crippen LogP contribution in [0.1, 0.15) is 53.9 Å². The summed E-state index contributed by atoms with van der Waals surface area (Å²) in [5, 5.41) is 0. The lowest BCUT2D eigenvalue weighted by molar-refractivity contribution is 0.138. The van der Waals surface area contributed by atoms with Crippen LogP contribution in [-0.4, -0.2) is 24.0 Å². The first-order valence-electron chi connectivity index (χ1n) is 5.98. The minimum Gasteiger partial charge on any atom is -0.301 e. The molecule has 0 aromatic rings. The van der Waals surface area contributed by atoms with E-state index in [-0.39, 0.29) is 0 Å². The van der Waals surface area contributed by atoms with Gasteiger partial charge in [0.15, 0.2) is 0 Å². The molecule has 1 fully saturated rings. The predicted molar refractivity (Wildman–Crippen MR) is 61.1 cm³/mol. The van der Waals surface area contributed by atoms with Gasteiger partial charge in [-0.05, 0) is 39.2 Å². The molecule has 1 aliphatic rings. The Bertz CT molecular complexity index is 110. The van der Waals surface area contributed by atoms with Gasteiger partial charge >= 0.3 is 0 Å². The highest BCUT2D eigenvalue weighted by Gasteiger charge is 2.19. The first-order valence-corrected chi connectivity index (χ1v) is 5.98. The average Bonchev–Trinajstić information content (AvgIpc) is 2.21. The van der Waals surface area contributed by atoms with E-state index in [2.05, 4.69) is 25.7 Å². The van der Waals surface area contributed by atoms with Gasteiger partial charge in [0.2, 0.25) is 0 Å². The summed E-state index contributed by atoms with van der Waals surface area (Å²) < 4.78 is 0. The van der Waals surface area contributed by atoms with Crippen molar-refractivity contribution >= 4 is 0 Å². The van der Waals surface area contributed by atoms with Gasteiger partial charge in [-0.3, -0.25) is 0 Å². The van der Waals surface area contributed by atoms with Crippen LogP contribution in [0.5, 0.6) is 0 Å². The molecule has 1 nitrogen and oxygen atoms in total. The van der Waals surface area contributed by atoms with Gasteiger partial charge in [0, 0.05) is 12.6 Å². The maximum atomic E-state index is 2.61. The lowest BCUT2D eigenvalue weighted by Crippen LogP contribution is -2.39. The molecule has 1 heteroatoms. The van der Waals surface area contributed by atoms with Gasteiger partial charge in [-0.2, -0.15) is 0 Å². The second-order valence-electron chi connectivity index (χ2n) is 4.01. The molecule has 80 valence electrons. The summed E-state index contributed by atoms with van der Waals surface area (Å²) in [4.78, 5) is 2.61. The maximum absolute atomic E-state index is 2.61. The van der Waals surface area contributed by atoms with E-state index in [1.807, 2.05) is 13.8 Å². The number of hydrogen-bond donors (Lipinski definition) is 0. The quantitative estimate of drug-likeness (QED) is 0.636. The van der Waals surface area contributed by atoms with Crippen molar-refractivity contribution in [2.24, 2.45) is 5.92 Å². The number of nitrogens with zero attached hydrogens (tertiary/aromatic N) is 1. The Morgan fingerprint density at radius 2 is 1.92 bits per heavy atom. The summed E-state index contributed by atoms with van der Waals surface area (Å²) in [6, 6.07) is 0.754. The van der Waals surface area contributed by atoms with Crippen LogP contribution in [0.4, 0.5) is 0 Å². The van der Waals surface area contributed by atoms with Crippen LogP contribution in [0, 0.1) is 5.92 Å². The third-order valence-electron chi connectivity index (χ3n) is 2.86. The molecule has 1 saturated heterocycles. The number of rotatable bonds is 2. The molecule has 13 heavy (non-hydrogen) atoms. The van der Waals surface area contributed by atoms with E-state index < -0.39 is 0 Å². The molecule has 1 heterocycles. The Labute approximate surface area is 84.5 Å². The lowest BCUT2D eigenvalue weighted by atomic mass is 9.95. The molecule has 0 amide bonds. The van der Waals surface area contributed by atoms with E-state index in [4.69, 9.17) is 0 Å². The standard InChI is InChI=1S/C10H21N.C2H6/c1-4-10-6-5-7-11(8-10)9(2)3;1-2/h9-10H,4-8H2,1-3H3;1-2H3. The highest BCUT2D eigenvalue weighted by Crippen LogP contribution is 2.20. The Morgan fingerprint density at radius 1 is 1.31 bits per heavy atom.